The van der Waals surface area contributed by atoms with Gasteiger partial charge in [0.25, 0.3) is 0 Å². The molecule has 0 fully saturated rings. The second kappa shape index (κ2) is 17.0. The van der Waals surface area contributed by atoms with E-state index in [1.165, 1.54) is 51.4 Å². The Morgan fingerprint density at radius 1 is 0.857 bits per heavy atom. The lowest BCUT2D eigenvalue weighted by atomic mass is 10.1. The van der Waals surface area contributed by atoms with Gasteiger partial charge in [-0.25, -0.2) is 9.59 Å². The van der Waals surface area contributed by atoms with Crippen molar-refractivity contribution in [3.05, 3.63) is 12.2 Å². The Labute approximate surface area is 134 Å². The zero-order chi connectivity index (χ0) is 15.1. The average Bonchev–Trinajstić information content (AvgIpc) is 2.42. The minimum atomic E-state index is -1.14. The van der Waals surface area contributed by atoms with Crippen molar-refractivity contribution in [3.63, 3.8) is 0 Å². The van der Waals surface area contributed by atoms with Crippen molar-refractivity contribution < 1.29 is 19.4 Å². The molecule has 0 saturated heterocycles. The number of carbonyl (C=O) groups is 2. The lowest BCUT2D eigenvalue weighted by molar-refractivity contribution is -0.138. The summed E-state index contributed by atoms with van der Waals surface area (Å²) in [5, 5.41) is 8.33. The average molecular weight is 321 g/mol. The summed E-state index contributed by atoms with van der Waals surface area (Å²) in [6.45, 7) is 2.60. The van der Waals surface area contributed by atoms with Gasteiger partial charge in [0.15, 0.2) is 0 Å². The van der Waals surface area contributed by atoms with Gasteiger partial charge in [-0.2, -0.15) is 0 Å². The van der Waals surface area contributed by atoms with E-state index in [0.717, 1.165) is 25.0 Å². The van der Waals surface area contributed by atoms with E-state index in [1.54, 1.807) is 0 Å². The Kier molecular flexibility index (Phi) is 18.0. The molecule has 5 heteroatoms. The van der Waals surface area contributed by atoms with Crippen molar-refractivity contribution in [2.45, 2.75) is 71.1 Å². The van der Waals surface area contributed by atoms with Crippen LogP contribution in [0.15, 0.2) is 12.2 Å². The molecule has 4 nitrogen and oxygen atoms in total. The van der Waals surface area contributed by atoms with Gasteiger partial charge in [0.05, 0.1) is 6.61 Å². The maximum atomic E-state index is 11.0. The second-order valence-corrected chi connectivity index (χ2v) is 5.02. The van der Waals surface area contributed by atoms with Crippen LogP contribution >= 0.6 is 12.4 Å². The Morgan fingerprint density at radius 3 is 1.81 bits per heavy atom. The summed E-state index contributed by atoms with van der Waals surface area (Å²) >= 11 is 0. The van der Waals surface area contributed by atoms with Crippen LogP contribution in [0, 0.1) is 0 Å². The van der Waals surface area contributed by atoms with Crippen LogP contribution in [0.3, 0.4) is 0 Å². The van der Waals surface area contributed by atoms with Gasteiger partial charge in [-0.05, 0) is 6.42 Å². The first-order valence-electron chi connectivity index (χ1n) is 7.74. The lowest BCUT2D eigenvalue weighted by Crippen LogP contribution is -2.03. The number of halogens is 1. The Morgan fingerprint density at radius 2 is 1.33 bits per heavy atom. The molecule has 0 unspecified atom stereocenters. The van der Waals surface area contributed by atoms with E-state index in [4.69, 9.17) is 9.84 Å². The van der Waals surface area contributed by atoms with Gasteiger partial charge in [0, 0.05) is 12.2 Å². The highest BCUT2D eigenvalue weighted by Crippen LogP contribution is 2.10. The molecule has 0 aliphatic carbocycles. The highest BCUT2D eigenvalue weighted by atomic mass is 35.5. The van der Waals surface area contributed by atoms with Crippen LogP contribution in [0.2, 0.25) is 0 Å². The van der Waals surface area contributed by atoms with Crippen molar-refractivity contribution in [2.24, 2.45) is 0 Å². The molecule has 0 bridgehead atoms. The molecule has 21 heavy (non-hydrogen) atoms. The molecule has 0 amide bonds. The third kappa shape index (κ3) is 19.0. The topological polar surface area (TPSA) is 63.6 Å². The van der Waals surface area contributed by atoms with E-state index >= 15 is 0 Å². The summed E-state index contributed by atoms with van der Waals surface area (Å²) in [4.78, 5) is 21.2. The molecule has 0 saturated carbocycles. The van der Waals surface area contributed by atoms with Crippen molar-refractivity contribution >= 4 is 24.3 Å². The summed E-state index contributed by atoms with van der Waals surface area (Å²) in [5.41, 5.74) is 0. The molecule has 0 aromatic rings. The minimum absolute atomic E-state index is 0. The third-order valence-electron chi connectivity index (χ3n) is 3.10. The smallest absolute Gasteiger partial charge is 0.331 e. The number of rotatable bonds is 13. The first-order valence-corrected chi connectivity index (χ1v) is 7.74. The van der Waals surface area contributed by atoms with Crippen LogP contribution in [0.1, 0.15) is 71.1 Å². The molecule has 0 spiro atoms. The van der Waals surface area contributed by atoms with Crippen LogP contribution in [0.4, 0.5) is 0 Å². The number of carboxylic acid groups (broad SMARTS) is 1. The molecule has 0 aromatic carbocycles. The summed E-state index contributed by atoms with van der Waals surface area (Å²) in [6, 6.07) is 0. The van der Waals surface area contributed by atoms with Gasteiger partial charge in [0.2, 0.25) is 0 Å². The summed E-state index contributed by atoms with van der Waals surface area (Å²) in [6.07, 6.45) is 14.0. The number of esters is 1. The van der Waals surface area contributed by atoms with E-state index in [-0.39, 0.29) is 12.4 Å². The van der Waals surface area contributed by atoms with Crippen molar-refractivity contribution in [1.82, 2.24) is 0 Å². The maximum absolute atomic E-state index is 11.0. The molecule has 0 heterocycles. The van der Waals surface area contributed by atoms with Crippen LogP contribution in [-0.2, 0) is 14.3 Å². The van der Waals surface area contributed by atoms with E-state index in [1.807, 2.05) is 0 Å². The molecule has 1 N–H and O–H groups in total. The number of hydrogen-bond donors (Lipinski definition) is 1. The Balaban J connectivity index is 0. The largest absolute Gasteiger partial charge is 0.478 e. The normalized spacial score (nSPS) is 10.3. The number of unbranched alkanes of at least 4 members (excludes halogenated alkanes) is 9. The number of aliphatic carboxylic acids is 1. The van der Waals surface area contributed by atoms with Gasteiger partial charge in [-0.3, -0.25) is 0 Å². The van der Waals surface area contributed by atoms with Crippen LogP contribution in [0.5, 0.6) is 0 Å². The fourth-order valence-electron chi connectivity index (χ4n) is 1.95. The fraction of sp³-hybridized carbons (Fsp3) is 0.750. The highest BCUT2D eigenvalue weighted by Gasteiger charge is 1.98. The quantitative estimate of drug-likeness (QED) is 0.308. The van der Waals surface area contributed by atoms with E-state index in [2.05, 4.69) is 6.92 Å². The van der Waals surface area contributed by atoms with Crippen molar-refractivity contribution in [2.75, 3.05) is 6.61 Å². The SMILES string of the molecule is CCCCCCCCCCCCOC(=O)/C=C\C(=O)O.Cl. The first-order chi connectivity index (χ1) is 9.66. The minimum Gasteiger partial charge on any atom is -0.478 e. The Bertz CT molecular complexity index is 290. The summed E-state index contributed by atoms with van der Waals surface area (Å²) in [5.74, 6) is -1.72. The zero-order valence-corrected chi connectivity index (χ0v) is 13.8. The van der Waals surface area contributed by atoms with Gasteiger partial charge in [-0.1, -0.05) is 64.7 Å². The van der Waals surface area contributed by atoms with Crippen LogP contribution < -0.4 is 0 Å². The van der Waals surface area contributed by atoms with E-state index < -0.39 is 11.9 Å². The van der Waals surface area contributed by atoms with Crippen molar-refractivity contribution in [1.29, 1.82) is 0 Å². The number of ether oxygens (including phenoxy) is 1. The van der Waals surface area contributed by atoms with Gasteiger partial charge in [-0.15, -0.1) is 12.4 Å². The van der Waals surface area contributed by atoms with Gasteiger partial charge >= 0.3 is 11.9 Å². The standard InChI is InChI=1S/C16H28O4.ClH/c1-2-3-4-5-6-7-8-9-10-11-14-20-16(19)13-12-15(17)18;/h12-13H,2-11,14H2,1H3,(H,17,18);1H/b13-12-;. The molecule has 0 rings (SSSR count). The predicted molar refractivity (Wildman–Crippen MR) is 86.8 cm³/mol. The lowest BCUT2D eigenvalue weighted by Gasteiger charge is -2.03. The molecule has 0 aliphatic rings. The molecular weight excluding hydrogens is 292 g/mol. The fourth-order valence-corrected chi connectivity index (χ4v) is 1.95. The number of carboxylic acids is 1. The molecule has 0 aliphatic heterocycles. The summed E-state index contributed by atoms with van der Waals surface area (Å²) in [7, 11) is 0. The van der Waals surface area contributed by atoms with Crippen LogP contribution in [0.25, 0.3) is 0 Å². The predicted octanol–water partition coefficient (Wildman–Crippen LogP) is 4.51. The highest BCUT2D eigenvalue weighted by molar-refractivity contribution is 5.90. The van der Waals surface area contributed by atoms with E-state index in [9.17, 15) is 9.59 Å². The maximum Gasteiger partial charge on any atom is 0.331 e. The number of carbonyl (C=O) groups excluding carboxylic acids is 1. The molecule has 0 aromatic heterocycles. The van der Waals surface area contributed by atoms with Gasteiger partial charge in [0.1, 0.15) is 0 Å². The second-order valence-electron chi connectivity index (χ2n) is 5.02. The summed E-state index contributed by atoms with van der Waals surface area (Å²) < 4.78 is 4.88. The van der Waals surface area contributed by atoms with Gasteiger partial charge < -0.3 is 9.84 Å². The van der Waals surface area contributed by atoms with Crippen molar-refractivity contribution in [3.8, 4) is 0 Å². The third-order valence-corrected chi connectivity index (χ3v) is 3.10. The molecular formula is C16H29ClO4. The molecule has 0 atom stereocenters. The van der Waals surface area contributed by atoms with E-state index in [0.29, 0.717) is 6.61 Å². The Hall–Kier alpha value is -1.03. The monoisotopic (exact) mass is 320 g/mol. The number of hydrogen-bond acceptors (Lipinski definition) is 3. The molecule has 0 radical (unpaired) electrons. The molecule has 124 valence electrons. The zero-order valence-electron chi connectivity index (χ0n) is 13.0. The first kappa shape index (κ1) is 22.3. The van der Waals surface area contributed by atoms with Crippen LogP contribution in [-0.4, -0.2) is 23.7 Å².